The third-order valence-corrected chi connectivity index (χ3v) is 4.55. The van der Waals surface area contributed by atoms with Crippen molar-refractivity contribution in [3.8, 4) is 11.1 Å². The molecule has 1 saturated carbocycles. The Hall–Kier alpha value is -2.88. The zero-order valence-electron chi connectivity index (χ0n) is 13.5. The van der Waals surface area contributed by atoms with Gasteiger partial charge in [-0.05, 0) is 29.5 Å². The van der Waals surface area contributed by atoms with Gasteiger partial charge in [-0.2, -0.15) is 5.10 Å². The van der Waals surface area contributed by atoms with Crippen molar-refractivity contribution in [2.24, 2.45) is 13.0 Å². The van der Waals surface area contributed by atoms with Gasteiger partial charge < -0.3 is 5.32 Å². The van der Waals surface area contributed by atoms with Gasteiger partial charge in [0.2, 0.25) is 5.91 Å². The van der Waals surface area contributed by atoms with Crippen LogP contribution in [0.3, 0.4) is 0 Å². The van der Waals surface area contributed by atoms with Gasteiger partial charge in [0.25, 0.3) is 0 Å². The van der Waals surface area contributed by atoms with E-state index in [0.717, 1.165) is 28.8 Å². The van der Waals surface area contributed by atoms with Crippen molar-refractivity contribution in [3.63, 3.8) is 0 Å². The lowest BCUT2D eigenvalue weighted by Gasteiger charge is -2.11. The zero-order chi connectivity index (χ0) is 16.5. The molecule has 0 aliphatic heterocycles. The van der Waals surface area contributed by atoms with Crippen molar-refractivity contribution >= 4 is 11.6 Å². The van der Waals surface area contributed by atoms with Crippen molar-refractivity contribution in [2.75, 3.05) is 5.32 Å². The Kier molecular flexibility index (Phi) is 3.65. The van der Waals surface area contributed by atoms with Gasteiger partial charge in [0.15, 0.2) is 0 Å². The number of aromatic nitrogens is 2. The van der Waals surface area contributed by atoms with Crippen LogP contribution in [0.4, 0.5) is 5.69 Å². The second-order valence-corrected chi connectivity index (χ2v) is 6.30. The van der Waals surface area contributed by atoms with Gasteiger partial charge in [0.05, 0.1) is 6.20 Å². The molecule has 1 aromatic heterocycles. The molecule has 0 radical (unpaired) electrons. The largest absolute Gasteiger partial charge is 0.325 e. The topological polar surface area (TPSA) is 46.9 Å². The van der Waals surface area contributed by atoms with Crippen LogP contribution in [-0.4, -0.2) is 15.7 Å². The number of carbonyl (C=O) groups excluding carboxylic acids is 1. The van der Waals surface area contributed by atoms with Crippen LogP contribution in [0.5, 0.6) is 0 Å². The van der Waals surface area contributed by atoms with E-state index in [-0.39, 0.29) is 11.8 Å². The van der Waals surface area contributed by atoms with Crippen molar-refractivity contribution < 1.29 is 4.79 Å². The Morgan fingerprint density at radius 3 is 2.62 bits per heavy atom. The van der Waals surface area contributed by atoms with Gasteiger partial charge in [-0.1, -0.05) is 48.5 Å². The predicted octanol–water partition coefficient (Wildman–Crippen LogP) is 3.83. The van der Waals surface area contributed by atoms with Crippen LogP contribution in [0, 0.1) is 5.92 Å². The van der Waals surface area contributed by atoms with Crippen LogP contribution in [0.2, 0.25) is 0 Å². The van der Waals surface area contributed by atoms with Crippen molar-refractivity contribution in [1.82, 2.24) is 9.78 Å². The summed E-state index contributed by atoms with van der Waals surface area (Å²) < 4.78 is 1.79. The Morgan fingerprint density at radius 2 is 1.88 bits per heavy atom. The van der Waals surface area contributed by atoms with Crippen LogP contribution < -0.4 is 5.32 Å². The van der Waals surface area contributed by atoms with Gasteiger partial charge in [-0.15, -0.1) is 0 Å². The molecule has 0 saturated heterocycles. The zero-order valence-corrected chi connectivity index (χ0v) is 13.5. The first-order valence-electron chi connectivity index (χ1n) is 8.16. The Bertz CT molecular complexity index is 869. The number of nitrogens with zero attached hydrogens (tertiary/aromatic N) is 2. The minimum absolute atomic E-state index is 0.0398. The van der Waals surface area contributed by atoms with E-state index in [1.807, 2.05) is 61.9 Å². The van der Waals surface area contributed by atoms with E-state index < -0.39 is 0 Å². The number of nitrogens with one attached hydrogen (secondary N) is 1. The highest BCUT2D eigenvalue weighted by atomic mass is 16.2. The SMILES string of the molecule is Cn1cc([C@H]2C[C@@H]2C(=O)Nc2ccccc2-c2ccccc2)cn1. The standard InChI is InChI=1S/C20H19N3O/c1-23-13-15(12-21-23)17-11-18(17)20(24)22-19-10-6-5-9-16(19)14-7-3-2-4-8-14/h2-10,12-13,17-18H,11H2,1H3,(H,22,24)/t17-,18+/m1/s1. The number of hydrogen-bond acceptors (Lipinski definition) is 2. The van der Waals surface area contributed by atoms with Crippen LogP contribution in [0.25, 0.3) is 11.1 Å². The average Bonchev–Trinajstić information content (AvgIpc) is 3.30. The molecule has 4 rings (SSSR count). The molecule has 1 aliphatic rings. The minimum Gasteiger partial charge on any atom is -0.325 e. The summed E-state index contributed by atoms with van der Waals surface area (Å²) in [5.74, 6) is 0.424. The quantitative estimate of drug-likeness (QED) is 0.795. The summed E-state index contributed by atoms with van der Waals surface area (Å²) in [5, 5.41) is 7.31. The van der Waals surface area contributed by atoms with Crippen LogP contribution in [-0.2, 0) is 11.8 Å². The molecule has 1 fully saturated rings. The van der Waals surface area contributed by atoms with E-state index in [0.29, 0.717) is 5.92 Å². The maximum Gasteiger partial charge on any atom is 0.228 e. The van der Waals surface area contributed by atoms with Crippen LogP contribution in [0.15, 0.2) is 67.0 Å². The molecule has 1 aliphatic carbocycles. The number of rotatable bonds is 4. The number of para-hydroxylation sites is 1. The normalized spacial score (nSPS) is 19.0. The predicted molar refractivity (Wildman–Crippen MR) is 94.6 cm³/mol. The number of aryl methyl sites for hydroxylation is 1. The lowest BCUT2D eigenvalue weighted by molar-refractivity contribution is -0.117. The van der Waals surface area contributed by atoms with Crippen molar-refractivity contribution in [3.05, 3.63) is 72.6 Å². The molecule has 3 aromatic rings. The van der Waals surface area contributed by atoms with Gasteiger partial charge in [-0.25, -0.2) is 0 Å². The molecule has 4 nitrogen and oxygen atoms in total. The molecule has 0 spiro atoms. The van der Waals surface area contributed by atoms with Gasteiger partial charge in [-0.3, -0.25) is 9.48 Å². The van der Waals surface area contributed by atoms with Crippen LogP contribution >= 0.6 is 0 Å². The average molecular weight is 317 g/mol. The molecule has 4 heteroatoms. The molecule has 24 heavy (non-hydrogen) atoms. The highest BCUT2D eigenvalue weighted by Crippen LogP contribution is 2.48. The third-order valence-electron chi connectivity index (χ3n) is 4.55. The molecular formula is C20H19N3O. The second kappa shape index (κ2) is 5.96. The number of benzene rings is 2. The number of anilines is 1. The highest BCUT2D eigenvalue weighted by Gasteiger charge is 2.44. The first-order valence-corrected chi connectivity index (χ1v) is 8.16. The molecule has 1 N–H and O–H groups in total. The van der Waals surface area contributed by atoms with Gasteiger partial charge >= 0.3 is 0 Å². The Morgan fingerprint density at radius 1 is 1.12 bits per heavy atom. The maximum absolute atomic E-state index is 12.6. The van der Waals surface area contributed by atoms with E-state index in [1.165, 1.54) is 0 Å². The summed E-state index contributed by atoms with van der Waals surface area (Å²) >= 11 is 0. The first-order chi connectivity index (χ1) is 11.7. The monoisotopic (exact) mass is 317 g/mol. The molecule has 2 aromatic carbocycles. The summed E-state index contributed by atoms with van der Waals surface area (Å²) in [7, 11) is 1.90. The Labute approximate surface area is 141 Å². The van der Waals surface area contributed by atoms with Crippen molar-refractivity contribution in [1.29, 1.82) is 0 Å². The first kappa shape index (κ1) is 14.7. The molecule has 0 unspecified atom stereocenters. The number of hydrogen-bond donors (Lipinski definition) is 1. The molecular weight excluding hydrogens is 298 g/mol. The fourth-order valence-electron chi connectivity index (χ4n) is 3.17. The summed E-state index contributed by atoms with van der Waals surface area (Å²) in [6.45, 7) is 0. The van der Waals surface area contributed by atoms with E-state index in [2.05, 4.69) is 22.5 Å². The lowest BCUT2D eigenvalue weighted by Crippen LogP contribution is -2.15. The minimum atomic E-state index is 0.0398. The summed E-state index contributed by atoms with van der Waals surface area (Å²) in [5.41, 5.74) is 4.16. The molecule has 1 heterocycles. The lowest BCUT2D eigenvalue weighted by atomic mass is 10.0. The van der Waals surface area contributed by atoms with E-state index in [4.69, 9.17) is 0 Å². The van der Waals surface area contributed by atoms with Gasteiger partial charge in [0.1, 0.15) is 0 Å². The summed E-state index contributed by atoms with van der Waals surface area (Å²) in [6, 6.07) is 18.1. The Balaban J connectivity index is 1.51. The van der Waals surface area contributed by atoms with Crippen LogP contribution in [0.1, 0.15) is 17.9 Å². The fourth-order valence-corrected chi connectivity index (χ4v) is 3.17. The van der Waals surface area contributed by atoms with E-state index in [9.17, 15) is 4.79 Å². The number of carbonyl (C=O) groups is 1. The molecule has 120 valence electrons. The van der Waals surface area contributed by atoms with Gasteiger partial charge in [0, 0.05) is 30.4 Å². The highest BCUT2D eigenvalue weighted by molar-refractivity contribution is 5.98. The summed E-state index contributed by atoms with van der Waals surface area (Å²) in [6.07, 6.45) is 4.75. The second-order valence-electron chi connectivity index (χ2n) is 6.30. The van der Waals surface area contributed by atoms with E-state index >= 15 is 0 Å². The van der Waals surface area contributed by atoms with Crippen molar-refractivity contribution in [2.45, 2.75) is 12.3 Å². The smallest absolute Gasteiger partial charge is 0.228 e. The number of amides is 1. The molecule has 1 amide bonds. The molecule has 0 bridgehead atoms. The maximum atomic E-state index is 12.6. The fraction of sp³-hybridized carbons (Fsp3) is 0.200. The molecule has 2 atom stereocenters. The van der Waals surface area contributed by atoms with E-state index in [1.54, 1.807) is 4.68 Å². The summed E-state index contributed by atoms with van der Waals surface area (Å²) in [4.78, 5) is 12.6. The third kappa shape index (κ3) is 2.83.